The Balaban J connectivity index is 1.37. The first-order valence-electron chi connectivity index (χ1n) is 12.8. The van der Waals surface area contributed by atoms with Gasteiger partial charge in [0.15, 0.2) is 6.61 Å². The molecule has 0 saturated heterocycles. The maximum Gasteiger partial charge on any atom is 0.264 e. The zero-order valence-electron chi connectivity index (χ0n) is 22.7. The van der Waals surface area contributed by atoms with Crippen molar-refractivity contribution in [2.75, 3.05) is 22.8 Å². The third kappa shape index (κ3) is 8.02. The molecule has 0 atom stereocenters. The minimum Gasteiger partial charge on any atom is -0.484 e. The number of benzene rings is 4. The SMILES string of the molecule is Cc1ccc(N(CC(=O)N/N=C\c2ccc(OCC(=O)Nc3ccccc3)cc2)S(=O)(=O)c2ccccc2)c(C)c1. The van der Waals surface area contributed by atoms with E-state index in [-0.39, 0.29) is 17.4 Å². The molecule has 0 aliphatic carbocycles. The Morgan fingerprint density at radius 3 is 2.17 bits per heavy atom. The van der Waals surface area contributed by atoms with E-state index in [0.29, 0.717) is 22.7 Å². The predicted octanol–water partition coefficient (Wildman–Crippen LogP) is 4.67. The Morgan fingerprint density at radius 1 is 0.854 bits per heavy atom. The first-order valence-corrected chi connectivity index (χ1v) is 14.2. The molecular weight excluding hydrogens is 540 g/mol. The van der Waals surface area contributed by atoms with Gasteiger partial charge in [-0.1, -0.05) is 54.1 Å². The number of sulfonamides is 1. The van der Waals surface area contributed by atoms with E-state index in [9.17, 15) is 18.0 Å². The molecule has 0 fully saturated rings. The molecule has 0 radical (unpaired) electrons. The van der Waals surface area contributed by atoms with E-state index in [1.165, 1.54) is 18.3 Å². The number of nitrogens with one attached hydrogen (secondary N) is 2. The number of carbonyl (C=O) groups excluding carboxylic acids is 2. The molecule has 2 N–H and O–H groups in total. The van der Waals surface area contributed by atoms with Gasteiger partial charge < -0.3 is 10.1 Å². The molecule has 0 heterocycles. The van der Waals surface area contributed by atoms with Crippen LogP contribution in [0.3, 0.4) is 0 Å². The van der Waals surface area contributed by atoms with Crippen molar-refractivity contribution in [2.24, 2.45) is 5.10 Å². The van der Waals surface area contributed by atoms with E-state index in [1.54, 1.807) is 73.7 Å². The predicted molar refractivity (Wildman–Crippen MR) is 160 cm³/mol. The molecule has 210 valence electrons. The van der Waals surface area contributed by atoms with E-state index < -0.39 is 22.5 Å². The van der Waals surface area contributed by atoms with Crippen molar-refractivity contribution in [3.8, 4) is 5.75 Å². The topological polar surface area (TPSA) is 117 Å². The minimum atomic E-state index is -4.02. The van der Waals surface area contributed by atoms with Gasteiger partial charge in [-0.05, 0) is 79.6 Å². The van der Waals surface area contributed by atoms with Crippen LogP contribution in [0.2, 0.25) is 0 Å². The summed E-state index contributed by atoms with van der Waals surface area (Å²) < 4.78 is 33.6. The molecule has 0 bridgehead atoms. The molecule has 4 aromatic carbocycles. The summed E-state index contributed by atoms with van der Waals surface area (Å²) in [5.41, 5.74) is 5.86. The zero-order valence-corrected chi connectivity index (χ0v) is 23.5. The van der Waals surface area contributed by atoms with Crippen LogP contribution < -0.4 is 19.8 Å². The molecule has 0 aliphatic heterocycles. The monoisotopic (exact) mass is 570 g/mol. The average Bonchev–Trinajstić information content (AvgIpc) is 2.97. The van der Waals surface area contributed by atoms with Crippen LogP contribution in [-0.2, 0) is 19.6 Å². The van der Waals surface area contributed by atoms with Crippen molar-refractivity contribution in [2.45, 2.75) is 18.7 Å². The number of ether oxygens (including phenoxy) is 1. The Labute approximate surface area is 239 Å². The summed E-state index contributed by atoms with van der Waals surface area (Å²) >= 11 is 0. The lowest BCUT2D eigenvalue weighted by atomic mass is 10.1. The van der Waals surface area contributed by atoms with E-state index >= 15 is 0 Å². The number of para-hydroxylation sites is 1. The molecule has 41 heavy (non-hydrogen) atoms. The van der Waals surface area contributed by atoms with E-state index in [2.05, 4.69) is 15.8 Å². The van der Waals surface area contributed by atoms with Gasteiger partial charge in [-0.3, -0.25) is 13.9 Å². The van der Waals surface area contributed by atoms with Crippen molar-refractivity contribution >= 4 is 39.4 Å². The molecule has 0 aliphatic rings. The number of carbonyl (C=O) groups is 2. The summed E-state index contributed by atoms with van der Waals surface area (Å²) in [6, 6.07) is 29.2. The largest absolute Gasteiger partial charge is 0.484 e. The van der Waals surface area contributed by atoms with Crippen LogP contribution in [0.5, 0.6) is 5.75 Å². The lowest BCUT2D eigenvalue weighted by molar-refractivity contribution is -0.119. The maximum atomic E-state index is 13.5. The van der Waals surface area contributed by atoms with E-state index in [4.69, 9.17) is 4.74 Å². The Bertz CT molecular complexity index is 1620. The molecule has 2 amide bonds. The lowest BCUT2D eigenvalue weighted by Crippen LogP contribution is -2.40. The van der Waals surface area contributed by atoms with Crippen molar-refractivity contribution < 1.29 is 22.7 Å². The smallest absolute Gasteiger partial charge is 0.264 e. The molecule has 10 heteroatoms. The Hall–Kier alpha value is -4.96. The van der Waals surface area contributed by atoms with Crippen molar-refractivity contribution in [1.82, 2.24) is 5.43 Å². The van der Waals surface area contributed by atoms with Crippen molar-refractivity contribution in [3.63, 3.8) is 0 Å². The zero-order chi connectivity index (χ0) is 29.2. The highest BCUT2D eigenvalue weighted by Gasteiger charge is 2.28. The molecule has 0 saturated carbocycles. The fourth-order valence-electron chi connectivity index (χ4n) is 3.97. The van der Waals surface area contributed by atoms with Crippen LogP contribution in [0.1, 0.15) is 16.7 Å². The third-order valence-corrected chi connectivity index (χ3v) is 7.72. The van der Waals surface area contributed by atoms with Crippen LogP contribution in [-0.4, -0.2) is 39.6 Å². The van der Waals surface area contributed by atoms with Crippen LogP contribution in [0, 0.1) is 13.8 Å². The van der Waals surface area contributed by atoms with Crippen LogP contribution >= 0.6 is 0 Å². The second kappa shape index (κ2) is 13.4. The fraction of sp³-hybridized carbons (Fsp3) is 0.129. The van der Waals surface area contributed by atoms with Crippen LogP contribution in [0.25, 0.3) is 0 Å². The molecular formula is C31H30N4O5S. The first kappa shape index (κ1) is 29.0. The number of anilines is 2. The molecule has 0 unspecified atom stereocenters. The van der Waals surface area contributed by atoms with Crippen LogP contribution in [0.4, 0.5) is 11.4 Å². The molecule has 9 nitrogen and oxygen atoms in total. The standard InChI is InChI=1S/C31H30N4O5S/c1-23-13-18-29(24(2)19-23)35(41(38,39)28-11-7-4-8-12-28)21-30(36)34-32-20-25-14-16-27(17-15-25)40-22-31(37)33-26-9-5-3-6-10-26/h3-20H,21-22H2,1-2H3,(H,33,37)(H,34,36)/b32-20-. The number of nitrogens with zero attached hydrogens (tertiary/aromatic N) is 2. The van der Waals surface area contributed by atoms with Gasteiger partial charge in [0, 0.05) is 5.69 Å². The second-order valence-electron chi connectivity index (χ2n) is 9.18. The number of hydrogen-bond acceptors (Lipinski definition) is 6. The van der Waals surface area contributed by atoms with E-state index in [0.717, 1.165) is 15.4 Å². The summed E-state index contributed by atoms with van der Waals surface area (Å²) in [7, 11) is -4.02. The molecule has 0 aromatic heterocycles. The summed E-state index contributed by atoms with van der Waals surface area (Å²) in [6.07, 6.45) is 1.43. The average molecular weight is 571 g/mol. The van der Waals surface area contributed by atoms with Gasteiger partial charge >= 0.3 is 0 Å². The summed E-state index contributed by atoms with van der Waals surface area (Å²) in [5, 5.41) is 6.72. The quantitative estimate of drug-likeness (QED) is 0.201. The molecule has 4 aromatic rings. The third-order valence-electron chi connectivity index (χ3n) is 5.95. The minimum absolute atomic E-state index is 0.0798. The number of hydrogen-bond donors (Lipinski definition) is 2. The van der Waals surface area contributed by atoms with E-state index in [1.807, 2.05) is 31.2 Å². The lowest BCUT2D eigenvalue weighted by Gasteiger charge is -2.25. The van der Waals surface area contributed by atoms with Crippen LogP contribution in [0.15, 0.2) is 113 Å². The first-order chi connectivity index (χ1) is 19.7. The number of rotatable bonds is 11. The fourth-order valence-corrected chi connectivity index (χ4v) is 5.47. The normalized spacial score (nSPS) is 11.2. The van der Waals surface area contributed by atoms with Gasteiger partial charge in [0.05, 0.1) is 16.8 Å². The number of amides is 2. The number of aryl methyl sites for hydroxylation is 2. The second-order valence-corrected chi connectivity index (χ2v) is 11.0. The maximum absolute atomic E-state index is 13.5. The summed E-state index contributed by atoms with van der Waals surface area (Å²) in [5.74, 6) is -0.400. The highest BCUT2D eigenvalue weighted by Crippen LogP contribution is 2.27. The van der Waals surface area contributed by atoms with Gasteiger partial charge in [-0.25, -0.2) is 13.8 Å². The van der Waals surface area contributed by atoms with Gasteiger partial charge in [-0.2, -0.15) is 5.10 Å². The summed E-state index contributed by atoms with van der Waals surface area (Å²) in [4.78, 5) is 25.0. The molecule has 0 spiro atoms. The Morgan fingerprint density at radius 2 is 1.51 bits per heavy atom. The molecule has 4 rings (SSSR count). The number of hydrazone groups is 1. The van der Waals surface area contributed by atoms with Crippen molar-refractivity contribution in [3.05, 3.63) is 120 Å². The van der Waals surface area contributed by atoms with Gasteiger partial charge in [0.2, 0.25) is 0 Å². The highest BCUT2D eigenvalue weighted by atomic mass is 32.2. The van der Waals surface area contributed by atoms with Gasteiger partial charge in [-0.15, -0.1) is 0 Å². The summed E-state index contributed by atoms with van der Waals surface area (Å²) in [6.45, 7) is 3.10. The van der Waals surface area contributed by atoms with Gasteiger partial charge in [0.1, 0.15) is 12.3 Å². The van der Waals surface area contributed by atoms with Gasteiger partial charge in [0.25, 0.3) is 21.8 Å². The van der Waals surface area contributed by atoms with Crippen molar-refractivity contribution in [1.29, 1.82) is 0 Å². The Kier molecular flexibility index (Phi) is 9.49. The highest BCUT2D eigenvalue weighted by molar-refractivity contribution is 7.92.